The molecule has 2 amide bonds. The predicted octanol–water partition coefficient (Wildman–Crippen LogP) is 3.96. The molecular weight excluding hydrogens is 354 g/mol. The van der Waals surface area contributed by atoms with E-state index >= 15 is 0 Å². The van der Waals surface area contributed by atoms with E-state index in [-0.39, 0.29) is 24.2 Å². The number of carbonyl (C=O) groups is 3. The fraction of sp³-hybridized carbons (Fsp3) is 0.667. The van der Waals surface area contributed by atoms with Gasteiger partial charge in [-0.2, -0.15) is 0 Å². The number of nitrogens with zero attached hydrogens (tertiary/aromatic N) is 2. The number of carbonyl (C=O) groups excluding carboxylic acids is 3. The van der Waals surface area contributed by atoms with Crippen LogP contribution in [-0.4, -0.2) is 46.4 Å². The summed E-state index contributed by atoms with van der Waals surface area (Å²) in [5, 5.41) is 3.05. The maximum atomic E-state index is 12.5. The molecule has 1 aromatic rings. The van der Waals surface area contributed by atoms with E-state index < -0.39 is 11.7 Å². The molecule has 26 heavy (non-hydrogen) atoms. The van der Waals surface area contributed by atoms with Gasteiger partial charge in [0.1, 0.15) is 5.60 Å². The number of amides is 2. The molecule has 0 aromatic carbocycles. The summed E-state index contributed by atoms with van der Waals surface area (Å²) in [5.74, 6) is -0.555. The molecule has 146 valence electrons. The Morgan fingerprint density at radius 2 is 1.96 bits per heavy atom. The smallest absolute Gasteiger partial charge is 0.410 e. The van der Waals surface area contributed by atoms with Gasteiger partial charge in [0, 0.05) is 12.5 Å². The van der Waals surface area contributed by atoms with Crippen molar-refractivity contribution in [3.63, 3.8) is 0 Å². The van der Waals surface area contributed by atoms with Gasteiger partial charge >= 0.3 is 6.09 Å². The maximum Gasteiger partial charge on any atom is 0.410 e. The largest absolute Gasteiger partial charge is 0.444 e. The summed E-state index contributed by atoms with van der Waals surface area (Å²) in [6.45, 7) is 11.3. The molecule has 0 aliphatic rings. The van der Waals surface area contributed by atoms with Gasteiger partial charge in [0.05, 0.1) is 17.6 Å². The molecule has 1 N–H and O–H groups in total. The van der Waals surface area contributed by atoms with E-state index in [1.54, 1.807) is 34.6 Å². The molecule has 0 unspecified atom stereocenters. The van der Waals surface area contributed by atoms with Crippen LogP contribution in [-0.2, 0) is 9.53 Å². The van der Waals surface area contributed by atoms with Gasteiger partial charge in [-0.05, 0) is 27.2 Å². The average molecular weight is 384 g/mol. The molecule has 0 aliphatic heterocycles. The zero-order valence-corrected chi connectivity index (χ0v) is 17.2. The summed E-state index contributed by atoms with van der Waals surface area (Å²) >= 11 is 1.11. The van der Waals surface area contributed by atoms with Gasteiger partial charge in [0.25, 0.3) is 0 Å². The third-order valence-electron chi connectivity index (χ3n) is 3.30. The molecule has 1 rings (SSSR count). The maximum absolute atomic E-state index is 12.5. The van der Waals surface area contributed by atoms with Gasteiger partial charge in [0.15, 0.2) is 10.9 Å². The lowest BCUT2D eigenvalue weighted by molar-refractivity contribution is -0.118. The van der Waals surface area contributed by atoms with Crippen molar-refractivity contribution >= 4 is 34.3 Å². The zero-order valence-electron chi connectivity index (χ0n) is 16.4. The van der Waals surface area contributed by atoms with E-state index in [1.807, 2.05) is 6.92 Å². The Morgan fingerprint density at radius 3 is 2.50 bits per heavy atom. The average Bonchev–Trinajstić information content (AvgIpc) is 2.97. The summed E-state index contributed by atoms with van der Waals surface area (Å²) in [6.07, 6.45) is 2.61. The number of ether oxygens (including phenoxy) is 1. The Balaban J connectivity index is 2.78. The van der Waals surface area contributed by atoms with E-state index in [0.717, 1.165) is 24.2 Å². The Kier molecular flexibility index (Phi) is 8.20. The lowest BCUT2D eigenvalue weighted by Crippen LogP contribution is -2.40. The number of aromatic nitrogens is 1. The van der Waals surface area contributed by atoms with E-state index in [1.165, 1.54) is 11.1 Å². The van der Waals surface area contributed by atoms with Gasteiger partial charge in [-0.3, -0.25) is 9.59 Å². The van der Waals surface area contributed by atoms with E-state index in [4.69, 9.17) is 4.74 Å². The van der Waals surface area contributed by atoms with Crippen LogP contribution in [0.1, 0.15) is 64.1 Å². The number of rotatable bonds is 8. The van der Waals surface area contributed by atoms with Crippen LogP contribution in [0.5, 0.6) is 0 Å². The van der Waals surface area contributed by atoms with Crippen LogP contribution in [0.15, 0.2) is 6.20 Å². The van der Waals surface area contributed by atoms with Gasteiger partial charge in [-0.1, -0.05) is 38.5 Å². The van der Waals surface area contributed by atoms with E-state index in [0.29, 0.717) is 16.6 Å². The van der Waals surface area contributed by atoms with Gasteiger partial charge < -0.3 is 15.0 Å². The molecule has 0 radical (unpaired) electrons. The lowest BCUT2D eigenvalue weighted by atomic mass is 10.2. The molecule has 0 fully saturated rings. The topological polar surface area (TPSA) is 88.6 Å². The van der Waals surface area contributed by atoms with Crippen molar-refractivity contribution in [1.29, 1.82) is 0 Å². The molecule has 0 bridgehead atoms. The SMILES string of the molecule is CCCCN(CC(=O)c1cnc(NC(=O)C(C)C)s1)C(=O)OC(C)(C)C. The molecular formula is C18H29N3O4S. The van der Waals surface area contributed by atoms with Gasteiger partial charge in [0.2, 0.25) is 5.91 Å². The minimum atomic E-state index is -0.622. The number of nitrogens with one attached hydrogen (secondary N) is 1. The molecule has 1 aromatic heterocycles. The van der Waals surface area contributed by atoms with Crippen molar-refractivity contribution in [2.75, 3.05) is 18.4 Å². The van der Waals surface area contributed by atoms with Crippen LogP contribution >= 0.6 is 11.3 Å². The molecule has 0 saturated carbocycles. The third kappa shape index (κ3) is 7.51. The number of Topliss-reactive ketones (excluding diaryl/α,β-unsaturated/α-hetero) is 1. The normalized spacial score (nSPS) is 11.3. The van der Waals surface area contributed by atoms with E-state index in [9.17, 15) is 14.4 Å². The molecule has 8 heteroatoms. The predicted molar refractivity (Wildman–Crippen MR) is 103 cm³/mol. The molecule has 0 atom stereocenters. The third-order valence-corrected chi connectivity index (χ3v) is 4.26. The zero-order chi connectivity index (χ0) is 19.9. The second kappa shape index (κ2) is 9.66. The Bertz CT molecular complexity index is 635. The van der Waals surface area contributed by atoms with Crippen molar-refractivity contribution < 1.29 is 19.1 Å². The number of hydrogen-bond acceptors (Lipinski definition) is 6. The second-order valence-corrected chi connectivity index (χ2v) is 8.38. The van der Waals surface area contributed by atoms with Crippen LogP contribution in [0.25, 0.3) is 0 Å². The first-order chi connectivity index (χ1) is 12.0. The Morgan fingerprint density at radius 1 is 1.31 bits per heavy atom. The highest BCUT2D eigenvalue weighted by Crippen LogP contribution is 2.20. The lowest BCUT2D eigenvalue weighted by Gasteiger charge is -2.26. The minimum Gasteiger partial charge on any atom is -0.444 e. The number of hydrogen-bond donors (Lipinski definition) is 1. The van der Waals surface area contributed by atoms with Crippen LogP contribution in [0, 0.1) is 5.92 Å². The van der Waals surface area contributed by atoms with Crippen molar-refractivity contribution in [3.05, 3.63) is 11.1 Å². The van der Waals surface area contributed by atoms with E-state index in [2.05, 4.69) is 10.3 Å². The van der Waals surface area contributed by atoms with Crippen LogP contribution < -0.4 is 5.32 Å². The number of anilines is 1. The van der Waals surface area contributed by atoms with Crippen molar-refractivity contribution in [2.45, 2.75) is 60.0 Å². The summed E-state index contributed by atoms with van der Waals surface area (Å²) in [5.41, 5.74) is -0.622. The van der Waals surface area contributed by atoms with Gasteiger partial charge in [-0.25, -0.2) is 9.78 Å². The number of thiazole rings is 1. The van der Waals surface area contributed by atoms with Crippen LogP contribution in [0.3, 0.4) is 0 Å². The molecule has 1 heterocycles. The highest BCUT2D eigenvalue weighted by molar-refractivity contribution is 7.17. The molecule has 0 aliphatic carbocycles. The molecule has 7 nitrogen and oxygen atoms in total. The molecule has 0 saturated heterocycles. The standard InChI is InChI=1S/C18H29N3O4S/c1-7-8-9-21(17(24)25-18(4,5)6)11-13(22)14-10-19-16(26-14)20-15(23)12(2)3/h10,12H,7-9,11H2,1-6H3,(H,19,20,23). The molecule has 0 spiro atoms. The fourth-order valence-corrected chi connectivity index (χ4v) is 2.62. The van der Waals surface area contributed by atoms with Crippen LogP contribution in [0.2, 0.25) is 0 Å². The highest BCUT2D eigenvalue weighted by atomic mass is 32.1. The van der Waals surface area contributed by atoms with Crippen molar-refractivity contribution in [3.8, 4) is 0 Å². The summed E-state index contributed by atoms with van der Waals surface area (Å²) in [4.78, 5) is 42.5. The summed E-state index contributed by atoms with van der Waals surface area (Å²) < 4.78 is 5.38. The Labute approximate surface area is 159 Å². The quantitative estimate of drug-likeness (QED) is 0.687. The van der Waals surface area contributed by atoms with Gasteiger partial charge in [-0.15, -0.1) is 0 Å². The van der Waals surface area contributed by atoms with Crippen molar-refractivity contribution in [1.82, 2.24) is 9.88 Å². The monoisotopic (exact) mass is 383 g/mol. The first kappa shape index (κ1) is 22.1. The summed E-state index contributed by atoms with van der Waals surface area (Å²) in [6, 6.07) is 0. The fourth-order valence-electron chi connectivity index (χ4n) is 1.87. The minimum absolute atomic E-state index is 0.0747. The number of ketones is 1. The highest BCUT2D eigenvalue weighted by Gasteiger charge is 2.25. The second-order valence-electron chi connectivity index (χ2n) is 7.35. The first-order valence-electron chi connectivity index (χ1n) is 8.81. The number of unbranched alkanes of at least 4 members (excludes halogenated alkanes) is 1. The van der Waals surface area contributed by atoms with Crippen LogP contribution in [0.4, 0.5) is 9.93 Å². The first-order valence-corrected chi connectivity index (χ1v) is 9.63. The van der Waals surface area contributed by atoms with Crippen molar-refractivity contribution in [2.24, 2.45) is 5.92 Å². The Hall–Kier alpha value is -1.96. The summed E-state index contributed by atoms with van der Waals surface area (Å²) in [7, 11) is 0.